The average Bonchev–Trinajstić information content (AvgIpc) is 3.01. The SMILES string of the molecule is Cc1ccc2oc(C(=O)Nc3ccc(Oc4ccccc4Cl)cc3)c(C)c2c1. The Hall–Kier alpha value is -3.24. The number of anilines is 1. The number of benzene rings is 3. The number of fused-ring (bicyclic) bond motifs is 1. The lowest BCUT2D eigenvalue weighted by Crippen LogP contribution is -2.11. The van der Waals surface area contributed by atoms with Crippen LogP contribution in [-0.4, -0.2) is 5.91 Å². The van der Waals surface area contributed by atoms with Gasteiger partial charge in [0.05, 0.1) is 5.02 Å². The van der Waals surface area contributed by atoms with Crippen LogP contribution in [0.5, 0.6) is 11.5 Å². The molecule has 0 unspecified atom stereocenters. The number of ether oxygens (including phenoxy) is 1. The summed E-state index contributed by atoms with van der Waals surface area (Å²) in [5, 5.41) is 4.35. The van der Waals surface area contributed by atoms with Gasteiger partial charge in [0, 0.05) is 16.6 Å². The average molecular weight is 392 g/mol. The number of carbonyl (C=O) groups excluding carboxylic acids is 1. The Labute approximate surface area is 167 Å². The summed E-state index contributed by atoms with van der Waals surface area (Å²) in [4.78, 5) is 12.7. The number of rotatable bonds is 4. The van der Waals surface area contributed by atoms with Crippen molar-refractivity contribution in [2.45, 2.75) is 13.8 Å². The van der Waals surface area contributed by atoms with Crippen molar-refractivity contribution in [2.24, 2.45) is 0 Å². The Balaban J connectivity index is 1.51. The van der Waals surface area contributed by atoms with Crippen LogP contribution in [0, 0.1) is 13.8 Å². The maximum atomic E-state index is 12.7. The smallest absolute Gasteiger partial charge is 0.291 e. The van der Waals surface area contributed by atoms with E-state index in [2.05, 4.69) is 5.32 Å². The molecule has 0 saturated carbocycles. The second kappa shape index (κ2) is 7.41. The van der Waals surface area contributed by atoms with Crippen LogP contribution in [0.3, 0.4) is 0 Å². The molecule has 0 spiro atoms. The van der Waals surface area contributed by atoms with Gasteiger partial charge in [-0.15, -0.1) is 0 Å². The third-order valence-electron chi connectivity index (χ3n) is 4.47. The molecule has 3 aromatic carbocycles. The number of hydrogen-bond donors (Lipinski definition) is 1. The van der Waals surface area contributed by atoms with Gasteiger partial charge in [-0.2, -0.15) is 0 Å². The summed E-state index contributed by atoms with van der Waals surface area (Å²) >= 11 is 6.11. The standard InChI is InChI=1S/C23H18ClNO3/c1-14-7-12-20-18(13-14)15(2)22(28-20)23(26)25-16-8-10-17(11-9-16)27-21-6-4-3-5-19(21)24/h3-13H,1-2H3,(H,25,26). The molecule has 1 aromatic heterocycles. The van der Waals surface area contributed by atoms with Crippen molar-refractivity contribution < 1.29 is 13.9 Å². The molecule has 0 aliphatic rings. The second-order valence-electron chi connectivity index (χ2n) is 6.57. The van der Waals surface area contributed by atoms with Crippen molar-refractivity contribution >= 4 is 34.2 Å². The predicted molar refractivity (Wildman–Crippen MR) is 112 cm³/mol. The van der Waals surface area contributed by atoms with Gasteiger partial charge in [-0.25, -0.2) is 0 Å². The van der Waals surface area contributed by atoms with Crippen LogP contribution in [0.15, 0.2) is 71.1 Å². The van der Waals surface area contributed by atoms with Gasteiger partial charge in [0.15, 0.2) is 5.76 Å². The monoisotopic (exact) mass is 391 g/mol. The first-order chi connectivity index (χ1) is 13.5. The first-order valence-corrected chi connectivity index (χ1v) is 9.22. The van der Waals surface area contributed by atoms with E-state index in [1.54, 1.807) is 36.4 Å². The molecule has 0 fully saturated rings. The van der Waals surface area contributed by atoms with E-state index in [0.29, 0.717) is 33.6 Å². The van der Waals surface area contributed by atoms with Gasteiger partial charge in [-0.3, -0.25) is 4.79 Å². The summed E-state index contributed by atoms with van der Waals surface area (Å²) in [7, 11) is 0. The fraction of sp³-hybridized carbons (Fsp3) is 0.0870. The number of amides is 1. The van der Waals surface area contributed by atoms with Crippen LogP contribution in [0.4, 0.5) is 5.69 Å². The van der Waals surface area contributed by atoms with Crippen LogP contribution < -0.4 is 10.1 Å². The van der Waals surface area contributed by atoms with E-state index in [1.807, 2.05) is 44.2 Å². The Morgan fingerprint density at radius 2 is 1.75 bits per heavy atom. The van der Waals surface area contributed by atoms with E-state index in [9.17, 15) is 4.79 Å². The third-order valence-corrected chi connectivity index (χ3v) is 4.79. The predicted octanol–water partition coefficient (Wildman–Crippen LogP) is 6.75. The van der Waals surface area contributed by atoms with Gasteiger partial charge in [0.25, 0.3) is 5.91 Å². The van der Waals surface area contributed by atoms with Crippen molar-refractivity contribution in [2.75, 3.05) is 5.32 Å². The quantitative estimate of drug-likeness (QED) is 0.418. The molecule has 1 heterocycles. The minimum Gasteiger partial charge on any atom is -0.456 e. The molecule has 28 heavy (non-hydrogen) atoms. The van der Waals surface area contributed by atoms with E-state index < -0.39 is 0 Å². The van der Waals surface area contributed by atoms with Crippen molar-refractivity contribution in [1.82, 2.24) is 0 Å². The molecule has 1 amide bonds. The number of halogens is 1. The van der Waals surface area contributed by atoms with Gasteiger partial charge in [-0.1, -0.05) is 35.4 Å². The van der Waals surface area contributed by atoms with Crippen LogP contribution in [0.1, 0.15) is 21.7 Å². The number of carbonyl (C=O) groups is 1. The lowest BCUT2D eigenvalue weighted by molar-refractivity contribution is 0.0998. The normalized spacial score (nSPS) is 10.8. The molecular formula is C23H18ClNO3. The molecule has 4 aromatic rings. The van der Waals surface area contributed by atoms with Crippen LogP contribution in [0.25, 0.3) is 11.0 Å². The minimum atomic E-state index is -0.286. The Morgan fingerprint density at radius 1 is 1.00 bits per heavy atom. The fourth-order valence-corrected chi connectivity index (χ4v) is 3.17. The molecule has 0 aliphatic carbocycles. The zero-order chi connectivity index (χ0) is 19.7. The summed E-state index contributed by atoms with van der Waals surface area (Å²) in [6, 6.07) is 20.2. The summed E-state index contributed by atoms with van der Waals surface area (Å²) in [6.07, 6.45) is 0. The molecule has 140 valence electrons. The zero-order valence-corrected chi connectivity index (χ0v) is 16.2. The van der Waals surface area contributed by atoms with Crippen LogP contribution in [-0.2, 0) is 0 Å². The Bertz CT molecular complexity index is 1160. The minimum absolute atomic E-state index is 0.286. The molecule has 0 aliphatic heterocycles. The van der Waals surface area contributed by atoms with E-state index >= 15 is 0 Å². The molecular weight excluding hydrogens is 374 g/mol. The summed E-state index contributed by atoms with van der Waals surface area (Å²) in [5.41, 5.74) is 3.30. The molecule has 5 heteroatoms. The van der Waals surface area contributed by atoms with E-state index in [1.165, 1.54) is 0 Å². The number of aryl methyl sites for hydroxylation is 2. The second-order valence-corrected chi connectivity index (χ2v) is 6.97. The number of para-hydroxylation sites is 1. The van der Waals surface area contributed by atoms with E-state index in [-0.39, 0.29) is 5.91 Å². The highest BCUT2D eigenvalue weighted by Gasteiger charge is 2.18. The molecule has 0 atom stereocenters. The van der Waals surface area contributed by atoms with Gasteiger partial charge in [0.1, 0.15) is 17.1 Å². The van der Waals surface area contributed by atoms with Crippen molar-refractivity contribution in [3.05, 3.63) is 88.6 Å². The van der Waals surface area contributed by atoms with Crippen LogP contribution >= 0.6 is 11.6 Å². The topological polar surface area (TPSA) is 51.5 Å². The zero-order valence-electron chi connectivity index (χ0n) is 15.5. The van der Waals surface area contributed by atoms with Gasteiger partial charge >= 0.3 is 0 Å². The number of hydrogen-bond acceptors (Lipinski definition) is 3. The molecule has 0 radical (unpaired) electrons. The van der Waals surface area contributed by atoms with Crippen molar-refractivity contribution in [3.8, 4) is 11.5 Å². The maximum Gasteiger partial charge on any atom is 0.291 e. The summed E-state index contributed by atoms with van der Waals surface area (Å²) in [5.74, 6) is 1.23. The van der Waals surface area contributed by atoms with Gasteiger partial charge in [0.2, 0.25) is 0 Å². The highest BCUT2D eigenvalue weighted by molar-refractivity contribution is 6.32. The molecule has 4 rings (SSSR count). The molecule has 0 saturated heterocycles. The highest BCUT2D eigenvalue weighted by Crippen LogP contribution is 2.30. The van der Waals surface area contributed by atoms with Crippen molar-refractivity contribution in [1.29, 1.82) is 0 Å². The summed E-state index contributed by atoms with van der Waals surface area (Å²) < 4.78 is 11.5. The lowest BCUT2D eigenvalue weighted by atomic mass is 10.1. The molecule has 1 N–H and O–H groups in total. The summed E-state index contributed by atoms with van der Waals surface area (Å²) in [6.45, 7) is 3.90. The van der Waals surface area contributed by atoms with E-state index in [0.717, 1.165) is 16.5 Å². The molecule has 4 nitrogen and oxygen atoms in total. The number of furan rings is 1. The maximum absolute atomic E-state index is 12.7. The van der Waals surface area contributed by atoms with E-state index in [4.69, 9.17) is 20.8 Å². The first kappa shape index (κ1) is 18.1. The third kappa shape index (κ3) is 3.59. The lowest BCUT2D eigenvalue weighted by Gasteiger charge is -2.09. The first-order valence-electron chi connectivity index (χ1n) is 8.85. The van der Waals surface area contributed by atoms with Gasteiger partial charge in [-0.05, 0) is 62.4 Å². The number of nitrogens with one attached hydrogen (secondary N) is 1. The van der Waals surface area contributed by atoms with Crippen molar-refractivity contribution in [3.63, 3.8) is 0 Å². The Morgan fingerprint density at radius 3 is 2.50 bits per heavy atom. The fourth-order valence-electron chi connectivity index (χ4n) is 3.00. The van der Waals surface area contributed by atoms with Crippen LogP contribution in [0.2, 0.25) is 5.02 Å². The van der Waals surface area contributed by atoms with Gasteiger partial charge < -0.3 is 14.5 Å². The molecule has 0 bridgehead atoms. The largest absolute Gasteiger partial charge is 0.456 e. The highest BCUT2D eigenvalue weighted by atomic mass is 35.5. The Kier molecular flexibility index (Phi) is 4.80.